The third-order valence-corrected chi connectivity index (χ3v) is 43.4. The zero-order chi connectivity index (χ0) is 95.7. The molecule has 0 amide bonds. The minimum Gasteiger partial charge on any atom is -0.373 e. The number of nitrogens with zero attached hydrogens (tertiary/aromatic N) is 3. The number of aromatic nitrogens is 3. The third-order valence-electron chi connectivity index (χ3n) is 43.4. The molecular weight excluding hydrogens is 1670 g/mol. The van der Waals surface area contributed by atoms with E-state index in [4.69, 9.17) is 18.9 Å². The van der Waals surface area contributed by atoms with Crippen LogP contribution in [0.15, 0.2) is 181 Å². The molecule has 0 bridgehead atoms. The van der Waals surface area contributed by atoms with Gasteiger partial charge in [-0.1, -0.05) is 200 Å². The molecule has 0 spiro atoms. The highest BCUT2D eigenvalue weighted by atomic mass is 16.5. The summed E-state index contributed by atoms with van der Waals surface area (Å²) >= 11 is 0. The molecule has 0 aliphatic heterocycles. The van der Waals surface area contributed by atoms with Crippen LogP contribution in [0.4, 0.5) is 0 Å². The van der Waals surface area contributed by atoms with Gasteiger partial charge in [-0.3, -0.25) is 4.98 Å². The van der Waals surface area contributed by atoms with E-state index in [1.165, 1.54) is 242 Å². The smallest absolute Gasteiger partial charge is 0.125 e. The molecule has 2 aromatic heterocycles. The van der Waals surface area contributed by atoms with Gasteiger partial charge in [-0.05, 0) is 513 Å². The van der Waals surface area contributed by atoms with Crippen LogP contribution in [0.5, 0.6) is 0 Å². The van der Waals surface area contributed by atoms with Crippen molar-refractivity contribution in [3.8, 4) is 0 Å². The minimum absolute atomic E-state index is 0.0100. The average molecular weight is 1850 g/mol. The number of hydrogen-bond acceptors (Lipinski definition) is 7. The van der Waals surface area contributed by atoms with E-state index in [1.807, 2.05) is 25.5 Å². The number of aryl methyl sites for hydroxylation is 1. The zero-order valence-electron chi connectivity index (χ0n) is 89.0. The lowest BCUT2D eigenvalue weighted by Crippen LogP contribution is -2.54. The van der Waals surface area contributed by atoms with Crippen molar-refractivity contribution >= 4 is 43.2 Å². The Morgan fingerprint density at radius 3 is 1.04 bits per heavy atom. The van der Waals surface area contributed by atoms with Crippen LogP contribution in [0.3, 0.4) is 0 Å². The number of pyridine rings is 1. The van der Waals surface area contributed by atoms with Crippen molar-refractivity contribution in [1.29, 1.82) is 0 Å². The molecular formula is C130H177N3O4. The second-order valence-electron chi connectivity index (χ2n) is 55.0. The lowest BCUT2D eigenvalue weighted by Gasteiger charge is -2.61. The Morgan fingerprint density at radius 1 is 0.292 bits per heavy atom. The van der Waals surface area contributed by atoms with Gasteiger partial charge >= 0.3 is 0 Å². The highest BCUT2D eigenvalue weighted by molar-refractivity contribution is 5.85. The monoisotopic (exact) mass is 1840 g/mol. The third kappa shape index (κ3) is 17.9. The highest BCUT2D eigenvalue weighted by Gasteiger charge is 2.65. The average Bonchev–Trinajstić information content (AvgIpc) is 1.60. The lowest BCUT2D eigenvalue weighted by atomic mass is 9.44. The molecule has 0 saturated heterocycles. The van der Waals surface area contributed by atoms with Crippen molar-refractivity contribution in [3.63, 3.8) is 0 Å². The molecule has 24 rings (SSSR count). The summed E-state index contributed by atoms with van der Waals surface area (Å²) in [6, 6.07) is 48.8. The molecule has 16 aliphatic rings. The van der Waals surface area contributed by atoms with Gasteiger partial charge in [0.2, 0.25) is 0 Å². The number of ether oxygens (including phenoxy) is 4. The molecule has 13 fully saturated rings. The van der Waals surface area contributed by atoms with Crippen LogP contribution in [0.25, 0.3) is 43.2 Å². The summed E-state index contributed by atoms with van der Waals surface area (Å²) in [6.07, 6.45) is 59.9. The quantitative estimate of drug-likeness (QED) is 0.140. The topological polar surface area (TPSA) is 75.6 Å². The predicted octanol–water partition coefficient (Wildman–Crippen LogP) is 34.9. The molecule has 8 aromatic rings. The fourth-order valence-corrected chi connectivity index (χ4v) is 37.2. The zero-order valence-corrected chi connectivity index (χ0v) is 89.0. The van der Waals surface area contributed by atoms with Gasteiger partial charge in [0.15, 0.2) is 0 Å². The second-order valence-corrected chi connectivity index (χ2v) is 55.0. The van der Waals surface area contributed by atoms with Gasteiger partial charge in [-0.2, -0.15) is 0 Å². The first kappa shape index (κ1) is 96.8. The van der Waals surface area contributed by atoms with Gasteiger partial charge in [-0.25, -0.2) is 9.97 Å². The van der Waals surface area contributed by atoms with E-state index in [9.17, 15) is 0 Å². The van der Waals surface area contributed by atoms with E-state index >= 15 is 0 Å². The summed E-state index contributed by atoms with van der Waals surface area (Å²) in [5.41, 5.74) is 16.0. The normalized spacial score (nSPS) is 40.2. The number of allylic oxidation sites excluding steroid dienone is 3. The van der Waals surface area contributed by atoms with Gasteiger partial charge in [-0.15, -0.1) is 0 Å². The molecule has 16 aliphatic carbocycles. The molecule has 0 radical (unpaired) electrons. The van der Waals surface area contributed by atoms with E-state index < -0.39 is 0 Å². The van der Waals surface area contributed by atoms with Crippen LogP contribution in [0, 0.1) is 127 Å². The summed E-state index contributed by atoms with van der Waals surface area (Å²) in [6.45, 7) is 49.7. The molecule has 2 heterocycles. The van der Waals surface area contributed by atoms with Gasteiger partial charge in [0, 0.05) is 29.4 Å². The van der Waals surface area contributed by atoms with Crippen molar-refractivity contribution in [2.45, 2.75) is 428 Å². The molecule has 0 N–H and O–H groups in total. The number of hydrogen-bond donors (Lipinski definition) is 0. The summed E-state index contributed by atoms with van der Waals surface area (Å²) < 4.78 is 25.8. The Labute approximate surface area is 828 Å². The lowest BCUT2D eigenvalue weighted by molar-refractivity contribution is -0.152. The van der Waals surface area contributed by atoms with Crippen molar-refractivity contribution in [2.75, 3.05) is 0 Å². The molecule has 7 nitrogen and oxygen atoms in total. The van der Waals surface area contributed by atoms with Crippen molar-refractivity contribution < 1.29 is 18.9 Å². The largest absolute Gasteiger partial charge is 0.373 e. The summed E-state index contributed by atoms with van der Waals surface area (Å²) in [5.74, 6) is 15.1. The fraction of sp³-hybridized carbons (Fsp3) is 0.669. The standard InChI is InChI=1S/C33H46O.C33H44O.C32H44N2O.C32H43NO/c2*1-31(2,3)34-26-16-18-32(4)25(21-26)12-13-27-29-15-14-28(33(29,5)19-17-30(27)32)24-11-10-22-8-6-7-9-23(22)20-24;1-20-33-19-22-17-21(7-12-29(22)34-20)26-10-11-27-25-9-8-23-18-24(35-30(2,3)4)13-15-31(23,5)28(25)14-16-32(26,27)6;1-30(2,3)34-25-12-15-31(4)24(19-25)8-9-26-28-11-10-27(32(28,5)16-13-29(26)31)22-6-7-23-20-33-17-14-21(23)18-22/h6-11,20,25-30H,12-19,21H2,1-5H3;6-12,20,26-30H,13-19,21H2,1-5H3;7-8,12,17,19,24-28H,9-11,13-16,18H2,1-6H3;6-8,14,17-18,20,25-29H,9-13,15-16,19H2,1-5H3/t25-,26-,27-,28+,29-,30-,32-,33+;26-,27-,28+,29-,30-,32-,33+;24-,25-,26+,27-,28-,31-,32+;25-,26-,27+,28-,29-,31-,32+/m0000/s1. The van der Waals surface area contributed by atoms with Gasteiger partial charge in [0.25, 0.3) is 0 Å². The number of benzene rings is 6. The molecule has 6 aromatic carbocycles. The predicted molar refractivity (Wildman–Crippen MR) is 570 cm³/mol. The number of rotatable bonds is 8. The second kappa shape index (κ2) is 36.1. The SMILES string of the molecule is CC(C)(C)O[C@H]1CC[C@@]2(C)C(=CC[C@H]3[C@@H]4CC[C@H](c5ccc6ccccc6c5)[C@@]4(C)CC[C@@H]32)C1.CC(C)(C)O[C@H]1CC[C@@]2(C)C(=CC[C@H]3[C@@H]4CC[C@H](c5ccc6cnccc6c5)[C@@]4(C)CC[C@@H]32)C1.CC(C)(C)O[C@H]1CC[C@@]2(C)[C@@H](CC[C@@H]3[C@@H]2CC[C@]2(C)[C@@H](c4ccc5ccccc5c4)CC[C@@H]32)C1.Cc1ncc2cc([C@H]3CC[C@H]4[C@@H]5CC=C6C[C@@H](OC(C)(C)C)CC[C@]6(C)[C@H]5CC[C@]34C)ccc2n1. The Morgan fingerprint density at radius 2 is 0.628 bits per heavy atom. The van der Waals surface area contributed by atoms with Crippen LogP contribution >= 0.6 is 0 Å². The van der Waals surface area contributed by atoms with Crippen LogP contribution in [0.1, 0.15) is 402 Å². The molecule has 13 saturated carbocycles. The summed E-state index contributed by atoms with van der Waals surface area (Å²) in [5, 5.41) is 9.39. The Bertz CT molecular complexity index is 5670. The first-order valence-electron chi connectivity index (χ1n) is 56.4. The van der Waals surface area contributed by atoms with Crippen molar-refractivity contribution in [2.24, 2.45) is 120 Å². The Hall–Kier alpha value is -6.35. The van der Waals surface area contributed by atoms with Crippen molar-refractivity contribution in [1.82, 2.24) is 15.0 Å². The van der Waals surface area contributed by atoms with Crippen molar-refractivity contribution in [3.05, 3.63) is 209 Å². The summed E-state index contributed by atoms with van der Waals surface area (Å²) in [4.78, 5) is 13.4. The van der Waals surface area contributed by atoms with Crippen LogP contribution in [-0.2, 0) is 18.9 Å². The maximum Gasteiger partial charge on any atom is 0.125 e. The van der Waals surface area contributed by atoms with E-state index in [2.05, 4.69) is 299 Å². The molecule has 736 valence electrons. The van der Waals surface area contributed by atoms with E-state index in [0.717, 1.165) is 113 Å². The van der Waals surface area contributed by atoms with Crippen LogP contribution < -0.4 is 0 Å². The Balaban J connectivity index is 0.000000109. The van der Waals surface area contributed by atoms with Gasteiger partial charge < -0.3 is 18.9 Å². The molecule has 7 heteroatoms. The van der Waals surface area contributed by atoms with Crippen LogP contribution in [-0.4, -0.2) is 61.8 Å². The first-order valence-corrected chi connectivity index (χ1v) is 56.4. The molecule has 29 atom stereocenters. The molecule has 0 unspecified atom stereocenters. The maximum atomic E-state index is 6.49. The van der Waals surface area contributed by atoms with E-state index in [0.29, 0.717) is 79.6 Å². The number of fused-ring (bicyclic) bond motifs is 24. The fourth-order valence-electron chi connectivity index (χ4n) is 37.2. The van der Waals surface area contributed by atoms with Gasteiger partial charge in [0.1, 0.15) is 5.82 Å². The highest BCUT2D eigenvalue weighted by Crippen LogP contribution is 2.75. The molecule has 137 heavy (non-hydrogen) atoms. The maximum absolute atomic E-state index is 6.49. The first-order chi connectivity index (χ1) is 65.1. The van der Waals surface area contributed by atoms with E-state index in [1.54, 1.807) is 33.4 Å². The minimum atomic E-state index is -0.0462. The summed E-state index contributed by atoms with van der Waals surface area (Å²) in [7, 11) is 0. The van der Waals surface area contributed by atoms with Crippen LogP contribution in [0.2, 0.25) is 0 Å². The van der Waals surface area contributed by atoms with Gasteiger partial charge in [0.05, 0.1) is 52.3 Å². The Kier molecular flexibility index (Phi) is 25.5. The van der Waals surface area contributed by atoms with E-state index in [-0.39, 0.29) is 22.4 Å².